The van der Waals surface area contributed by atoms with Crippen LogP contribution in [0.2, 0.25) is 0 Å². The number of hydrogen-bond acceptors (Lipinski definition) is 3. The minimum atomic E-state index is -0.819. The van der Waals surface area contributed by atoms with Crippen molar-refractivity contribution in [2.24, 2.45) is 0 Å². The summed E-state index contributed by atoms with van der Waals surface area (Å²) in [6.45, 7) is 0.766. The average molecular weight is 272 g/mol. The third-order valence-electron chi connectivity index (χ3n) is 2.82. The van der Waals surface area contributed by atoms with Gasteiger partial charge in [0.2, 0.25) is 0 Å². The summed E-state index contributed by atoms with van der Waals surface area (Å²) in [5.41, 5.74) is 2.06. The van der Waals surface area contributed by atoms with Crippen molar-refractivity contribution < 1.29 is 19.4 Å². The number of fused-ring (bicyclic) bond motifs is 2. The number of carbonyl (C=O) groups is 1. The van der Waals surface area contributed by atoms with Gasteiger partial charge in [-0.25, -0.2) is 0 Å². The van der Waals surface area contributed by atoms with E-state index in [4.69, 9.17) is 14.6 Å². The fourth-order valence-corrected chi connectivity index (χ4v) is 1.81. The molecule has 4 heteroatoms. The molecule has 1 heterocycles. The van der Waals surface area contributed by atoms with Crippen molar-refractivity contribution in [3.63, 3.8) is 0 Å². The van der Waals surface area contributed by atoms with Gasteiger partial charge >= 0.3 is 5.97 Å². The summed E-state index contributed by atoms with van der Waals surface area (Å²) < 4.78 is 10.1. The van der Waals surface area contributed by atoms with Crippen LogP contribution in [0.4, 0.5) is 0 Å². The van der Waals surface area contributed by atoms with Gasteiger partial charge in [0.15, 0.2) is 0 Å². The summed E-state index contributed by atoms with van der Waals surface area (Å²) in [5, 5.41) is 8.46. The lowest BCUT2D eigenvalue weighted by Crippen LogP contribution is -1.99. The SMILES string of the molecule is COc1ccc(CC(=O)O)cc1.c1cc2cc(c1)OC2. The van der Waals surface area contributed by atoms with Gasteiger partial charge in [0.25, 0.3) is 0 Å². The molecule has 2 bridgehead atoms. The van der Waals surface area contributed by atoms with E-state index in [2.05, 4.69) is 12.1 Å². The Morgan fingerprint density at radius 1 is 1.25 bits per heavy atom. The zero-order chi connectivity index (χ0) is 14.4. The smallest absolute Gasteiger partial charge is 0.307 e. The zero-order valence-corrected chi connectivity index (χ0v) is 11.2. The highest BCUT2D eigenvalue weighted by Gasteiger charge is 2.03. The molecule has 0 amide bonds. The molecule has 3 rings (SSSR count). The molecule has 0 spiro atoms. The molecule has 2 aromatic carbocycles. The maximum Gasteiger partial charge on any atom is 0.307 e. The van der Waals surface area contributed by atoms with Crippen molar-refractivity contribution in [3.8, 4) is 11.5 Å². The Labute approximate surface area is 117 Å². The van der Waals surface area contributed by atoms with Crippen LogP contribution >= 0.6 is 0 Å². The Bertz CT molecular complexity index is 556. The van der Waals surface area contributed by atoms with Gasteiger partial charge in [-0.3, -0.25) is 4.79 Å². The second kappa shape index (κ2) is 6.61. The molecule has 0 atom stereocenters. The average Bonchev–Trinajstić information content (AvgIpc) is 2.78. The fourth-order valence-electron chi connectivity index (χ4n) is 1.81. The summed E-state index contributed by atoms with van der Waals surface area (Å²) in [7, 11) is 1.58. The number of carboxylic acids is 1. The minimum absolute atomic E-state index is 0.0595. The summed E-state index contributed by atoms with van der Waals surface area (Å²) in [4.78, 5) is 10.3. The standard InChI is InChI=1S/C9H10O3.C7H6O/c1-12-8-4-2-7(3-5-8)6-9(10)11;1-2-6-4-7(3-1)8-5-6/h2-5H,6H2,1H3,(H,10,11);1-4H,5H2. The molecule has 1 aliphatic rings. The Hall–Kier alpha value is -2.49. The predicted octanol–water partition coefficient (Wildman–Crippen LogP) is 2.90. The van der Waals surface area contributed by atoms with Gasteiger partial charge in [-0.05, 0) is 35.4 Å². The molecule has 0 aliphatic carbocycles. The van der Waals surface area contributed by atoms with E-state index in [9.17, 15) is 4.79 Å². The molecule has 1 N–H and O–H groups in total. The van der Waals surface area contributed by atoms with Crippen molar-refractivity contribution in [1.29, 1.82) is 0 Å². The Morgan fingerprint density at radius 3 is 2.55 bits per heavy atom. The lowest BCUT2D eigenvalue weighted by Gasteiger charge is -1.99. The summed E-state index contributed by atoms with van der Waals surface area (Å²) in [6, 6.07) is 15.1. The highest BCUT2D eigenvalue weighted by molar-refractivity contribution is 5.70. The van der Waals surface area contributed by atoms with E-state index in [1.807, 2.05) is 12.1 Å². The van der Waals surface area contributed by atoms with Gasteiger partial charge in [0.1, 0.15) is 18.1 Å². The van der Waals surface area contributed by atoms with E-state index in [-0.39, 0.29) is 6.42 Å². The predicted molar refractivity (Wildman–Crippen MR) is 75.1 cm³/mol. The molecular weight excluding hydrogens is 256 g/mol. The molecule has 2 aromatic rings. The van der Waals surface area contributed by atoms with Crippen molar-refractivity contribution in [2.45, 2.75) is 13.0 Å². The molecule has 0 unspecified atom stereocenters. The molecule has 0 fully saturated rings. The first kappa shape index (κ1) is 13.9. The van der Waals surface area contributed by atoms with E-state index >= 15 is 0 Å². The summed E-state index contributed by atoms with van der Waals surface area (Å²) in [5.74, 6) is 0.923. The lowest BCUT2D eigenvalue weighted by atomic mass is 10.1. The molecule has 0 aromatic heterocycles. The van der Waals surface area contributed by atoms with Crippen LogP contribution in [0.3, 0.4) is 0 Å². The van der Waals surface area contributed by atoms with Gasteiger partial charge in [-0.2, -0.15) is 0 Å². The van der Waals surface area contributed by atoms with Gasteiger partial charge < -0.3 is 14.6 Å². The van der Waals surface area contributed by atoms with Crippen molar-refractivity contribution in [1.82, 2.24) is 0 Å². The lowest BCUT2D eigenvalue weighted by molar-refractivity contribution is -0.136. The van der Waals surface area contributed by atoms with Crippen LogP contribution < -0.4 is 9.47 Å². The number of aliphatic carboxylic acids is 1. The van der Waals surface area contributed by atoms with E-state index in [0.29, 0.717) is 0 Å². The normalized spacial score (nSPS) is 11.1. The molecular formula is C16H16O4. The molecule has 20 heavy (non-hydrogen) atoms. The number of ether oxygens (including phenoxy) is 2. The number of carboxylic acid groups (broad SMARTS) is 1. The largest absolute Gasteiger partial charge is 0.497 e. The van der Waals surface area contributed by atoms with Crippen LogP contribution in [0.15, 0.2) is 48.5 Å². The first-order chi connectivity index (χ1) is 9.67. The molecule has 0 radical (unpaired) electrons. The first-order valence-electron chi connectivity index (χ1n) is 6.24. The number of hydrogen-bond donors (Lipinski definition) is 1. The van der Waals surface area contributed by atoms with Crippen LogP contribution in [0.25, 0.3) is 0 Å². The van der Waals surface area contributed by atoms with E-state index in [1.165, 1.54) is 5.56 Å². The molecule has 104 valence electrons. The highest BCUT2D eigenvalue weighted by atomic mass is 16.5. The van der Waals surface area contributed by atoms with Crippen LogP contribution in [-0.2, 0) is 17.8 Å². The fraction of sp³-hybridized carbons (Fsp3) is 0.188. The van der Waals surface area contributed by atoms with Gasteiger partial charge in [0, 0.05) is 0 Å². The molecule has 0 saturated carbocycles. The molecule has 0 saturated heterocycles. The van der Waals surface area contributed by atoms with Crippen LogP contribution in [-0.4, -0.2) is 18.2 Å². The first-order valence-corrected chi connectivity index (χ1v) is 6.24. The Balaban J connectivity index is 0.000000157. The van der Waals surface area contributed by atoms with Gasteiger partial charge in [-0.15, -0.1) is 0 Å². The van der Waals surface area contributed by atoms with Crippen molar-refractivity contribution >= 4 is 5.97 Å². The second-order valence-electron chi connectivity index (χ2n) is 4.35. The van der Waals surface area contributed by atoms with Crippen molar-refractivity contribution in [2.75, 3.05) is 7.11 Å². The van der Waals surface area contributed by atoms with E-state index in [1.54, 1.807) is 31.4 Å². The van der Waals surface area contributed by atoms with Crippen molar-refractivity contribution in [3.05, 3.63) is 59.7 Å². The van der Waals surface area contributed by atoms with Crippen LogP contribution in [0.5, 0.6) is 11.5 Å². The maximum absolute atomic E-state index is 10.3. The Morgan fingerprint density at radius 2 is 2.00 bits per heavy atom. The highest BCUT2D eigenvalue weighted by Crippen LogP contribution is 2.20. The third-order valence-corrected chi connectivity index (χ3v) is 2.82. The van der Waals surface area contributed by atoms with E-state index < -0.39 is 5.97 Å². The van der Waals surface area contributed by atoms with E-state index in [0.717, 1.165) is 23.7 Å². The third kappa shape index (κ3) is 4.02. The maximum atomic E-state index is 10.3. The second-order valence-corrected chi connectivity index (χ2v) is 4.35. The van der Waals surface area contributed by atoms with Gasteiger partial charge in [-0.1, -0.05) is 24.3 Å². The minimum Gasteiger partial charge on any atom is -0.497 e. The summed E-state index contributed by atoms with van der Waals surface area (Å²) in [6.07, 6.45) is 0.0595. The molecule has 1 aliphatic heterocycles. The topological polar surface area (TPSA) is 55.8 Å². The quantitative estimate of drug-likeness (QED) is 0.933. The van der Waals surface area contributed by atoms with Gasteiger partial charge in [0.05, 0.1) is 13.5 Å². The number of benzene rings is 2. The summed E-state index contributed by atoms with van der Waals surface area (Å²) >= 11 is 0. The Kier molecular flexibility index (Phi) is 4.60. The van der Waals surface area contributed by atoms with Crippen LogP contribution in [0, 0.1) is 0 Å². The number of rotatable bonds is 3. The monoisotopic (exact) mass is 272 g/mol. The van der Waals surface area contributed by atoms with Crippen LogP contribution in [0.1, 0.15) is 11.1 Å². The zero-order valence-electron chi connectivity index (χ0n) is 11.2. The molecule has 4 nitrogen and oxygen atoms in total. The number of methoxy groups -OCH3 is 1.